The molecule has 2 fully saturated rings. The van der Waals surface area contributed by atoms with Gasteiger partial charge in [-0.15, -0.1) is 0 Å². The predicted octanol–water partition coefficient (Wildman–Crippen LogP) is -5.86. The Labute approximate surface area is 590 Å². The zero-order valence-corrected chi connectivity index (χ0v) is 58.5. The average Bonchev–Trinajstić information content (AvgIpc) is 1.74. The Morgan fingerprint density at radius 1 is 0.505 bits per heavy atom. The summed E-state index contributed by atoms with van der Waals surface area (Å²) in [5, 5.41) is 42.3. The molecule has 0 aliphatic carbocycles. The third kappa shape index (κ3) is 29.8. The van der Waals surface area contributed by atoms with Gasteiger partial charge >= 0.3 is 11.9 Å². The van der Waals surface area contributed by atoms with Gasteiger partial charge in [-0.25, -0.2) is 4.79 Å². The molecular formula is C63H102N20O17S. The van der Waals surface area contributed by atoms with Gasteiger partial charge in [-0.1, -0.05) is 58.0 Å². The molecule has 13 amide bonds. The fourth-order valence-corrected chi connectivity index (χ4v) is 11.3. The number of nitrogens with two attached hydrogens (primary N) is 7. The fourth-order valence-electron chi connectivity index (χ4n) is 11.1. The van der Waals surface area contributed by atoms with Crippen LogP contribution in [0, 0.1) is 11.8 Å². The van der Waals surface area contributed by atoms with E-state index in [4.69, 9.17) is 40.1 Å². The molecule has 3 rings (SSSR count). The molecule has 2 aliphatic heterocycles. The molecule has 0 bridgehead atoms. The van der Waals surface area contributed by atoms with Gasteiger partial charge in [0.25, 0.3) is 0 Å². The molecule has 101 heavy (non-hydrogen) atoms. The molecule has 562 valence electrons. The third-order valence-electron chi connectivity index (χ3n) is 16.5. The molecule has 2 saturated heterocycles. The molecule has 37 nitrogen and oxygen atoms in total. The summed E-state index contributed by atoms with van der Waals surface area (Å²) < 4.78 is 0. The summed E-state index contributed by atoms with van der Waals surface area (Å²) in [6.07, 6.45) is -1.95. The van der Waals surface area contributed by atoms with Crippen molar-refractivity contribution in [2.45, 2.75) is 210 Å². The van der Waals surface area contributed by atoms with Gasteiger partial charge in [0, 0.05) is 57.6 Å². The predicted molar refractivity (Wildman–Crippen MR) is 370 cm³/mol. The average molecular weight is 1440 g/mol. The number of carboxylic acids is 2. The van der Waals surface area contributed by atoms with Crippen LogP contribution >= 0.6 is 12.6 Å². The Kier molecular flexibility index (Phi) is 36.3. The molecule has 25 N–H and O–H groups in total. The number of carbonyl (C=O) groups is 15. The van der Waals surface area contributed by atoms with E-state index in [9.17, 15) is 82.1 Å². The van der Waals surface area contributed by atoms with E-state index < -0.39 is 211 Å². The van der Waals surface area contributed by atoms with Crippen molar-refractivity contribution < 1.29 is 82.1 Å². The molecule has 0 saturated carbocycles. The highest BCUT2D eigenvalue weighted by atomic mass is 32.1. The summed E-state index contributed by atoms with van der Waals surface area (Å²) in [7, 11) is 0. The van der Waals surface area contributed by atoms with E-state index in [1.807, 2.05) is 0 Å². The second-order valence-corrected chi connectivity index (χ2v) is 25.9. The number of aliphatic carboxylic acids is 2. The number of hydrogen-bond acceptors (Lipinski definition) is 19. The Morgan fingerprint density at radius 3 is 1.43 bits per heavy atom. The largest absolute Gasteiger partial charge is 0.481 e. The smallest absolute Gasteiger partial charge is 0.326 e. The molecule has 38 heteroatoms. The molecule has 0 spiro atoms. The van der Waals surface area contributed by atoms with Gasteiger partial charge in [-0.2, -0.15) is 12.6 Å². The maximum atomic E-state index is 14.6. The number of carboxylic acid groups (broad SMARTS) is 2. The van der Waals surface area contributed by atoms with Crippen LogP contribution in [0.4, 0.5) is 0 Å². The molecule has 0 aromatic heterocycles. The highest BCUT2D eigenvalue weighted by Gasteiger charge is 2.43. The topological polar surface area (TPSA) is 618 Å². The van der Waals surface area contributed by atoms with Crippen molar-refractivity contribution >= 4 is 113 Å². The molecule has 0 radical (unpaired) electrons. The Balaban J connectivity index is 1.83. The molecule has 0 unspecified atom stereocenters. The number of aliphatic imine (C=N–C) groups is 2. The molecule has 1 aromatic carbocycles. The van der Waals surface area contributed by atoms with Crippen LogP contribution in [-0.4, -0.2) is 225 Å². The molecule has 2 aliphatic rings. The van der Waals surface area contributed by atoms with Crippen LogP contribution < -0.4 is 88.0 Å². The van der Waals surface area contributed by atoms with Gasteiger partial charge in [-0.3, -0.25) is 77.1 Å². The summed E-state index contributed by atoms with van der Waals surface area (Å²) in [4.78, 5) is 213. The van der Waals surface area contributed by atoms with Crippen molar-refractivity contribution in [3.05, 3.63) is 35.9 Å². The fraction of sp³-hybridized carbons (Fsp3) is 0.635. The standard InChI is InChI=1S/C63H102N20O17S/c1-32(2)29-42(61(99)100)79-55(93)41(30-35-13-7-6-8-14-35)78-58(96)44-17-11-27-82(44)59(97)40(21-24-48(86)87)77-53(91)37(16-10-26-72-63(69)70)74-56(94)43(31-101)80-50(88)34(5)73-52(90)38(19-22-46(65)84)75-54(92)39(20-23-47(66)85)76-57(95)45-18-12-28-83(45)60(98)49(33(3)4)81-51(89)36(64)15-9-25-71-62(67)68/h6-8,13-14,32-34,36-45,49,101H,9-12,15-31,64H2,1-5H3,(H2,65,84)(H2,66,85)(H,73,90)(H,74,94)(H,75,92)(H,76,95)(H,77,91)(H,78,96)(H,79,93)(H,80,88)(H,81,89)(H,86,87)(H,99,100)(H4,67,68,71)(H4,69,70,72)/t34-,36-,37-,38-,39-,40-,41-,42-,43-,44-,45-,49-/m0/s1. The van der Waals surface area contributed by atoms with Gasteiger partial charge in [0.15, 0.2) is 11.9 Å². The van der Waals surface area contributed by atoms with E-state index in [1.165, 1.54) is 11.8 Å². The zero-order chi connectivity index (χ0) is 75.8. The van der Waals surface area contributed by atoms with Crippen LogP contribution in [0.25, 0.3) is 0 Å². The number of rotatable bonds is 44. The number of carbonyl (C=O) groups excluding carboxylic acids is 13. The zero-order valence-electron chi connectivity index (χ0n) is 57.6. The number of guanidine groups is 2. The van der Waals surface area contributed by atoms with Crippen molar-refractivity contribution in [3.8, 4) is 0 Å². The first-order valence-corrected chi connectivity index (χ1v) is 34.0. The van der Waals surface area contributed by atoms with Crippen LogP contribution in [0.1, 0.15) is 136 Å². The lowest BCUT2D eigenvalue weighted by Gasteiger charge is -2.32. The van der Waals surface area contributed by atoms with Crippen molar-refractivity contribution in [3.63, 3.8) is 0 Å². The number of benzene rings is 1. The van der Waals surface area contributed by atoms with E-state index in [0.29, 0.717) is 18.4 Å². The first-order valence-electron chi connectivity index (χ1n) is 33.4. The third-order valence-corrected chi connectivity index (χ3v) is 16.8. The molecular weight excluding hydrogens is 1340 g/mol. The minimum Gasteiger partial charge on any atom is -0.481 e. The van der Waals surface area contributed by atoms with Gasteiger partial charge in [0.05, 0.1) is 6.04 Å². The van der Waals surface area contributed by atoms with Crippen molar-refractivity contribution in [1.82, 2.24) is 57.7 Å². The highest BCUT2D eigenvalue weighted by Crippen LogP contribution is 2.23. The van der Waals surface area contributed by atoms with E-state index in [2.05, 4.69) is 70.5 Å². The SMILES string of the molecule is CC(C)C[C@H](NC(=O)[C@H](Cc1ccccc1)NC(=O)[C@@H]1CCCN1C(=O)[C@H](CCC(=O)O)NC(=O)[C@H](CCCN=C(N)N)NC(=O)[C@H](CS)NC(=O)[C@H](C)NC(=O)[C@H](CCC(N)=O)NC(=O)[C@H](CCC(N)=O)NC(=O)[C@@H]1CCCN1C(=O)[C@@H](NC(=O)[C@@H](N)CCCN=C(N)N)C(C)C)C(=O)O. The van der Waals surface area contributed by atoms with E-state index in [1.54, 1.807) is 58.0 Å². The van der Waals surface area contributed by atoms with E-state index in [-0.39, 0.29) is 95.4 Å². The highest BCUT2D eigenvalue weighted by molar-refractivity contribution is 7.80. The first kappa shape index (κ1) is 85.3. The number of hydrogen-bond donors (Lipinski definition) is 19. The van der Waals surface area contributed by atoms with Gasteiger partial charge in [0.2, 0.25) is 76.8 Å². The van der Waals surface area contributed by atoms with Gasteiger partial charge in [0.1, 0.15) is 66.5 Å². The lowest BCUT2D eigenvalue weighted by Crippen LogP contribution is -2.61. The Bertz CT molecular complexity index is 3130. The van der Waals surface area contributed by atoms with Gasteiger partial charge in [-0.05, 0) is 101 Å². The van der Waals surface area contributed by atoms with E-state index in [0.717, 1.165) is 4.90 Å². The summed E-state index contributed by atoms with van der Waals surface area (Å²) in [6, 6.07) is -8.29. The van der Waals surface area contributed by atoms with Crippen LogP contribution in [-0.2, 0) is 78.3 Å². The van der Waals surface area contributed by atoms with Crippen LogP contribution in [0.2, 0.25) is 0 Å². The van der Waals surface area contributed by atoms with Crippen molar-refractivity contribution in [2.24, 2.45) is 62.0 Å². The quantitative estimate of drug-likeness (QED) is 0.0125. The van der Waals surface area contributed by atoms with Crippen LogP contribution in [0.15, 0.2) is 40.3 Å². The maximum Gasteiger partial charge on any atom is 0.326 e. The number of nitrogens with one attached hydrogen (secondary N) is 9. The molecule has 12 atom stereocenters. The monoisotopic (exact) mass is 1440 g/mol. The van der Waals surface area contributed by atoms with Crippen LogP contribution in [0.3, 0.4) is 0 Å². The lowest BCUT2D eigenvalue weighted by molar-refractivity contribution is -0.144. The normalized spacial score (nSPS) is 17.1. The number of likely N-dealkylation sites (tertiary alicyclic amines) is 2. The number of nitrogens with zero attached hydrogens (tertiary/aromatic N) is 4. The van der Waals surface area contributed by atoms with E-state index >= 15 is 0 Å². The molecule has 1 aromatic rings. The second-order valence-electron chi connectivity index (χ2n) is 25.6. The minimum absolute atomic E-state index is 0.0108. The summed E-state index contributed by atoms with van der Waals surface area (Å²) in [6.45, 7) is 8.23. The van der Waals surface area contributed by atoms with Crippen molar-refractivity contribution in [2.75, 3.05) is 31.9 Å². The number of amides is 13. The lowest BCUT2D eigenvalue weighted by atomic mass is 10.0. The second kappa shape index (κ2) is 42.9. The van der Waals surface area contributed by atoms with Crippen LogP contribution in [0.5, 0.6) is 0 Å². The summed E-state index contributed by atoms with van der Waals surface area (Å²) in [5.41, 5.74) is 39.3. The van der Waals surface area contributed by atoms with Crippen molar-refractivity contribution in [1.29, 1.82) is 0 Å². The number of primary amides is 2. The van der Waals surface area contributed by atoms with Gasteiger partial charge < -0.3 is 108 Å². The maximum absolute atomic E-state index is 14.6. The first-order chi connectivity index (χ1) is 47.5. The minimum atomic E-state index is -1.66. The number of thiol groups is 1. The molecule has 2 heterocycles. The summed E-state index contributed by atoms with van der Waals surface area (Å²) >= 11 is 4.24. The summed E-state index contributed by atoms with van der Waals surface area (Å²) in [5.74, 6) is -15.8. The Hall–Kier alpha value is -9.88. The Morgan fingerprint density at radius 2 is 0.941 bits per heavy atom.